The average Bonchev–Trinajstić information content (AvgIpc) is 2.02. The Hall–Kier alpha value is -0.700. The van der Waals surface area contributed by atoms with E-state index in [0.717, 1.165) is 0 Å². The second kappa shape index (κ2) is 5.25. The minimum atomic E-state index is -0.841. The Balaban J connectivity index is 4.13. The molecule has 0 saturated carbocycles. The maximum atomic E-state index is 11.5. The van der Waals surface area contributed by atoms with Gasteiger partial charge in [0.25, 0.3) is 0 Å². The van der Waals surface area contributed by atoms with E-state index in [4.69, 9.17) is 4.74 Å². The van der Waals surface area contributed by atoms with Gasteiger partial charge in [-0.1, -0.05) is 13.8 Å². The number of methoxy groups -OCH3 is 1. The Labute approximate surface area is 85.8 Å². The van der Waals surface area contributed by atoms with Gasteiger partial charge in [-0.15, -0.1) is 0 Å². The van der Waals surface area contributed by atoms with Gasteiger partial charge in [0.2, 0.25) is 0 Å². The number of ether oxygens (including phenoxy) is 1. The summed E-state index contributed by atoms with van der Waals surface area (Å²) < 4.78 is 5.00. The van der Waals surface area contributed by atoms with Gasteiger partial charge >= 0.3 is 0 Å². The van der Waals surface area contributed by atoms with E-state index in [2.05, 4.69) is 0 Å². The quantitative estimate of drug-likeness (QED) is 0.616. The van der Waals surface area contributed by atoms with E-state index in [-0.39, 0.29) is 18.0 Å². The van der Waals surface area contributed by atoms with Crippen LogP contribution in [-0.2, 0) is 14.3 Å². The summed E-state index contributed by atoms with van der Waals surface area (Å²) >= 11 is 0. The summed E-state index contributed by atoms with van der Waals surface area (Å²) in [6, 6.07) is 0. The molecule has 0 fully saturated rings. The number of ketones is 2. The average molecular weight is 200 g/mol. The minimum Gasteiger partial charge on any atom is -0.371 e. The first-order chi connectivity index (χ1) is 6.29. The number of hydrogen-bond donors (Lipinski definition) is 0. The Morgan fingerprint density at radius 1 is 1.29 bits per heavy atom. The first-order valence-corrected chi connectivity index (χ1v) is 4.89. The molecule has 0 heterocycles. The van der Waals surface area contributed by atoms with Crippen LogP contribution in [0.5, 0.6) is 0 Å². The molecule has 0 rings (SSSR count). The normalized spacial score (nSPS) is 11.9. The predicted molar refractivity (Wildman–Crippen MR) is 55.2 cm³/mol. The van der Waals surface area contributed by atoms with Crippen LogP contribution in [0.15, 0.2) is 0 Å². The molecule has 0 spiro atoms. The summed E-state index contributed by atoms with van der Waals surface area (Å²) in [5, 5.41) is 0. The first kappa shape index (κ1) is 13.3. The summed E-state index contributed by atoms with van der Waals surface area (Å²) in [6.45, 7) is 7.28. The van der Waals surface area contributed by atoms with Gasteiger partial charge in [0.1, 0.15) is 11.4 Å². The second-order valence-corrected chi connectivity index (χ2v) is 4.45. The summed E-state index contributed by atoms with van der Waals surface area (Å²) in [6.07, 6.45) is 0.449. The number of carbonyl (C=O) groups is 2. The van der Waals surface area contributed by atoms with E-state index >= 15 is 0 Å². The zero-order valence-electron chi connectivity index (χ0n) is 9.72. The smallest absolute Gasteiger partial charge is 0.171 e. The van der Waals surface area contributed by atoms with E-state index in [1.54, 1.807) is 13.8 Å². The van der Waals surface area contributed by atoms with E-state index in [1.165, 1.54) is 7.11 Å². The lowest BCUT2D eigenvalue weighted by Gasteiger charge is -2.20. The Morgan fingerprint density at radius 3 is 2.14 bits per heavy atom. The molecular formula is C11H20O3. The first-order valence-electron chi connectivity index (χ1n) is 4.89. The lowest BCUT2D eigenvalue weighted by atomic mass is 9.95. The molecule has 0 unspecified atom stereocenters. The third-order valence-corrected chi connectivity index (χ3v) is 2.18. The van der Waals surface area contributed by atoms with Gasteiger partial charge in [0, 0.05) is 13.5 Å². The lowest BCUT2D eigenvalue weighted by Crippen LogP contribution is -2.35. The summed E-state index contributed by atoms with van der Waals surface area (Å²) in [4.78, 5) is 22.9. The van der Waals surface area contributed by atoms with Gasteiger partial charge in [0.15, 0.2) is 5.78 Å². The van der Waals surface area contributed by atoms with Crippen molar-refractivity contribution in [3.8, 4) is 0 Å². The number of hydrogen-bond acceptors (Lipinski definition) is 3. The topological polar surface area (TPSA) is 43.4 Å². The van der Waals surface area contributed by atoms with E-state index in [9.17, 15) is 9.59 Å². The highest BCUT2D eigenvalue weighted by molar-refractivity contribution is 6.02. The van der Waals surface area contributed by atoms with E-state index in [1.807, 2.05) is 13.8 Å². The van der Waals surface area contributed by atoms with Crippen LogP contribution in [0.4, 0.5) is 0 Å². The summed E-state index contributed by atoms with van der Waals surface area (Å²) in [5.74, 6) is 0.154. The fourth-order valence-corrected chi connectivity index (χ4v) is 1.03. The van der Waals surface area contributed by atoms with Crippen LogP contribution in [0.1, 0.15) is 40.5 Å². The largest absolute Gasteiger partial charge is 0.371 e. The fourth-order valence-electron chi connectivity index (χ4n) is 1.03. The molecule has 0 amide bonds. The van der Waals surface area contributed by atoms with Gasteiger partial charge in [-0.25, -0.2) is 0 Å². The SMILES string of the molecule is COC(C)(C)C(=O)CC(=O)CC(C)C. The third-order valence-electron chi connectivity index (χ3n) is 2.18. The molecule has 0 aromatic rings. The van der Waals surface area contributed by atoms with Crippen molar-refractivity contribution in [2.75, 3.05) is 7.11 Å². The van der Waals surface area contributed by atoms with Crippen molar-refractivity contribution in [2.45, 2.75) is 46.1 Å². The van der Waals surface area contributed by atoms with Crippen molar-refractivity contribution in [1.82, 2.24) is 0 Å². The van der Waals surface area contributed by atoms with E-state index in [0.29, 0.717) is 12.3 Å². The van der Waals surface area contributed by atoms with Crippen molar-refractivity contribution < 1.29 is 14.3 Å². The van der Waals surface area contributed by atoms with Gasteiger partial charge < -0.3 is 4.74 Å². The van der Waals surface area contributed by atoms with Crippen LogP contribution in [-0.4, -0.2) is 24.3 Å². The molecule has 3 nitrogen and oxygen atoms in total. The van der Waals surface area contributed by atoms with Crippen molar-refractivity contribution in [1.29, 1.82) is 0 Å². The highest BCUT2D eigenvalue weighted by Crippen LogP contribution is 2.13. The molecule has 3 heteroatoms. The van der Waals surface area contributed by atoms with Crippen LogP contribution in [0.3, 0.4) is 0 Å². The predicted octanol–water partition coefficient (Wildman–Crippen LogP) is 1.99. The molecular weight excluding hydrogens is 180 g/mol. The minimum absolute atomic E-state index is 0.00451. The zero-order valence-corrected chi connectivity index (χ0v) is 9.72. The number of Topliss-reactive ketones (excluding diaryl/α,β-unsaturated/α-hetero) is 2. The molecule has 0 aliphatic rings. The molecule has 0 saturated heterocycles. The third kappa shape index (κ3) is 4.51. The van der Waals surface area contributed by atoms with Crippen molar-refractivity contribution in [2.24, 2.45) is 5.92 Å². The maximum absolute atomic E-state index is 11.5. The van der Waals surface area contributed by atoms with Gasteiger partial charge in [0.05, 0.1) is 6.42 Å². The molecule has 0 aromatic carbocycles. The fraction of sp³-hybridized carbons (Fsp3) is 0.818. The van der Waals surface area contributed by atoms with Crippen LogP contribution in [0.25, 0.3) is 0 Å². The molecule has 0 N–H and O–H groups in total. The van der Waals surface area contributed by atoms with Crippen LogP contribution in [0.2, 0.25) is 0 Å². The Bertz CT molecular complexity index is 217. The van der Waals surface area contributed by atoms with Gasteiger partial charge in [-0.2, -0.15) is 0 Å². The maximum Gasteiger partial charge on any atom is 0.171 e. The van der Waals surface area contributed by atoms with Crippen molar-refractivity contribution in [3.05, 3.63) is 0 Å². The molecule has 0 aliphatic carbocycles. The standard InChI is InChI=1S/C11H20O3/c1-8(2)6-9(12)7-10(13)11(3,4)14-5/h8H,6-7H2,1-5H3. The van der Waals surface area contributed by atoms with E-state index < -0.39 is 5.60 Å². The van der Waals surface area contributed by atoms with Crippen LogP contribution >= 0.6 is 0 Å². The molecule has 0 aliphatic heterocycles. The molecule has 0 bridgehead atoms. The monoisotopic (exact) mass is 200 g/mol. The summed E-state index contributed by atoms with van der Waals surface area (Å²) in [5.41, 5.74) is -0.841. The van der Waals surface area contributed by atoms with Crippen LogP contribution in [0, 0.1) is 5.92 Å². The molecule has 14 heavy (non-hydrogen) atoms. The number of carbonyl (C=O) groups excluding carboxylic acids is 2. The zero-order chi connectivity index (χ0) is 11.4. The lowest BCUT2D eigenvalue weighted by molar-refractivity contribution is -0.140. The highest BCUT2D eigenvalue weighted by Gasteiger charge is 2.28. The molecule has 0 radical (unpaired) electrons. The molecule has 82 valence electrons. The second-order valence-electron chi connectivity index (χ2n) is 4.45. The number of rotatable bonds is 6. The van der Waals surface area contributed by atoms with Crippen molar-refractivity contribution >= 4 is 11.6 Å². The van der Waals surface area contributed by atoms with Gasteiger partial charge in [-0.05, 0) is 19.8 Å². The Kier molecular flexibility index (Phi) is 4.99. The Morgan fingerprint density at radius 2 is 1.79 bits per heavy atom. The van der Waals surface area contributed by atoms with Crippen LogP contribution < -0.4 is 0 Å². The molecule has 0 aromatic heterocycles. The van der Waals surface area contributed by atoms with Crippen molar-refractivity contribution in [3.63, 3.8) is 0 Å². The highest BCUT2D eigenvalue weighted by atomic mass is 16.5. The summed E-state index contributed by atoms with van der Waals surface area (Å²) in [7, 11) is 1.48. The molecule has 0 atom stereocenters. The van der Waals surface area contributed by atoms with Gasteiger partial charge in [-0.3, -0.25) is 9.59 Å².